The molecule has 6 nitrogen and oxygen atoms in total. The number of ether oxygens (including phenoxy) is 1. The van der Waals surface area contributed by atoms with Crippen molar-refractivity contribution in [3.8, 4) is 0 Å². The van der Waals surface area contributed by atoms with Gasteiger partial charge in [-0.1, -0.05) is 66.7 Å². The van der Waals surface area contributed by atoms with Crippen molar-refractivity contribution in [2.75, 3.05) is 0 Å². The molecular weight excluding hydrogens is 545 g/mol. The molecule has 2 aliphatic heterocycles. The molecule has 1 spiro atoms. The third-order valence-electron chi connectivity index (χ3n) is 6.99. The van der Waals surface area contributed by atoms with Crippen LogP contribution in [-0.2, 0) is 20.9 Å². The molecule has 3 aromatic rings. The van der Waals surface area contributed by atoms with Gasteiger partial charge >= 0.3 is 0 Å². The predicted octanol–water partition coefficient (Wildman–Crippen LogP) is 3.98. The lowest BCUT2D eigenvalue weighted by Gasteiger charge is -2.27. The van der Waals surface area contributed by atoms with Gasteiger partial charge in [0.15, 0.2) is 0 Å². The third-order valence-corrected chi connectivity index (χ3v) is 7.71. The smallest absolute Gasteiger partial charge is 0.237 e. The molecule has 2 saturated heterocycles. The number of Topliss-reactive ketones (excluding diaryl/α,β-unsaturated/α-hetero) is 2. The summed E-state index contributed by atoms with van der Waals surface area (Å²) >= 11 is 2.17. The van der Waals surface area contributed by atoms with E-state index in [4.69, 9.17) is 4.74 Å². The normalized spacial score (nSPS) is 24.7. The van der Waals surface area contributed by atoms with E-state index in [2.05, 4.69) is 22.6 Å². The number of benzene rings is 3. The fourth-order valence-corrected chi connectivity index (χ4v) is 5.81. The van der Waals surface area contributed by atoms with Crippen LogP contribution in [0.3, 0.4) is 0 Å². The molecule has 2 fully saturated rings. The molecule has 3 aliphatic rings. The second-order valence-corrected chi connectivity index (χ2v) is 10.0. The maximum atomic E-state index is 13.8. The number of ketones is 2. The molecule has 2 amide bonds. The van der Waals surface area contributed by atoms with Crippen molar-refractivity contribution in [3.63, 3.8) is 0 Å². The van der Waals surface area contributed by atoms with Crippen LogP contribution in [0.2, 0.25) is 0 Å². The highest BCUT2D eigenvalue weighted by atomic mass is 127. The summed E-state index contributed by atoms with van der Waals surface area (Å²) in [6.07, 6.45) is -0.888. The highest BCUT2D eigenvalue weighted by molar-refractivity contribution is 14.1. The Labute approximate surface area is 209 Å². The van der Waals surface area contributed by atoms with Crippen LogP contribution in [0.25, 0.3) is 0 Å². The maximum Gasteiger partial charge on any atom is 0.237 e. The standard InChI is InChI=1S/C27H18INO5/c28-17-12-10-16(11-13-17)22-20-21(26(33)29(25(20)32)14-15-6-2-1-3-7-15)27(34-22)23(30)18-8-4-5-9-19(18)24(27)31/h1-13,20-22H,14H2/t20-,21-,22-/m0/s1. The SMILES string of the molecule is O=C1[C@H]2[C@@H](C(=O)N1Cc1ccccc1)C1(O[C@H]2c2ccc(I)cc2)C(=O)c2ccccc2C1=O. The summed E-state index contributed by atoms with van der Waals surface area (Å²) in [5.74, 6) is -4.21. The number of carbonyl (C=O) groups is 4. The molecule has 0 saturated carbocycles. The Morgan fingerprint density at radius 3 is 1.97 bits per heavy atom. The van der Waals surface area contributed by atoms with Gasteiger partial charge in [-0.15, -0.1) is 0 Å². The molecule has 0 unspecified atom stereocenters. The number of likely N-dealkylation sites (tertiary alicyclic amines) is 1. The molecule has 34 heavy (non-hydrogen) atoms. The van der Waals surface area contributed by atoms with Gasteiger partial charge in [0.05, 0.1) is 24.5 Å². The average molecular weight is 563 g/mol. The number of hydrogen-bond acceptors (Lipinski definition) is 5. The number of amides is 2. The van der Waals surface area contributed by atoms with E-state index >= 15 is 0 Å². The Hall–Kier alpha value is -3.17. The van der Waals surface area contributed by atoms with Gasteiger partial charge < -0.3 is 4.74 Å². The highest BCUT2D eigenvalue weighted by Crippen LogP contribution is 2.57. The largest absolute Gasteiger partial charge is 0.349 e. The fraction of sp³-hybridized carbons (Fsp3) is 0.185. The van der Waals surface area contributed by atoms with Gasteiger partial charge in [0.1, 0.15) is 0 Å². The van der Waals surface area contributed by atoms with Crippen molar-refractivity contribution in [2.45, 2.75) is 18.2 Å². The Kier molecular flexibility index (Phi) is 4.82. The zero-order chi connectivity index (χ0) is 23.6. The van der Waals surface area contributed by atoms with Crippen LogP contribution in [0.1, 0.15) is 37.9 Å². The van der Waals surface area contributed by atoms with E-state index in [1.165, 1.54) is 4.90 Å². The van der Waals surface area contributed by atoms with Crippen molar-refractivity contribution in [3.05, 3.63) is 105 Å². The van der Waals surface area contributed by atoms with Gasteiger partial charge in [-0.2, -0.15) is 0 Å². The minimum atomic E-state index is -2.03. The van der Waals surface area contributed by atoms with Crippen molar-refractivity contribution < 1.29 is 23.9 Å². The van der Waals surface area contributed by atoms with Gasteiger partial charge in [0, 0.05) is 14.7 Å². The molecule has 3 atom stereocenters. The second kappa shape index (κ2) is 7.68. The maximum absolute atomic E-state index is 13.8. The van der Waals surface area contributed by atoms with E-state index in [-0.39, 0.29) is 17.7 Å². The summed E-state index contributed by atoms with van der Waals surface area (Å²) in [4.78, 5) is 56.0. The first kappa shape index (κ1) is 21.4. The third kappa shape index (κ3) is 2.83. The quantitative estimate of drug-likeness (QED) is 0.274. The number of hydrogen-bond donors (Lipinski definition) is 0. The molecular formula is C27H18INO5. The first-order valence-electron chi connectivity index (χ1n) is 10.9. The monoisotopic (exact) mass is 563 g/mol. The highest BCUT2D eigenvalue weighted by Gasteiger charge is 2.74. The number of halogens is 1. The number of carbonyl (C=O) groups excluding carboxylic acids is 4. The van der Waals surface area contributed by atoms with Gasteiger partial charge in [0.2, 0.25) is 29.0 Å². The number of imide groups is 1. The molecule has 168 valence electrons. The van der Waals surface area contributed by atoms with Crippen LogP contribution in [0.5, 0.6) is 0 Å². The van der Waals surface area contributed by atoms with Crippen LogP contribution < -0.4 is 0 Å². The van der Waals surface area contributed by atoms with Gasteiger partial charge in [0.25, 0.3) is 0 Å². The molecule has 6 rings (SSSR count). The first-order valence-corrected chi connectivity index (χ1v) is 12.0. The van der Waals surface area contributed by atoms with Crippen molar-refractivity contribution in [2.24, 2.45) is 11.8 Å². The molecule has 0 N–H and O–H groups in total. The predicted molar refractivity (Wildman–Crippen MR) is 130 cm³/mol. The van der Waals surface area contributed by atoms with Gasteiger partial charge in [-0.25, -0.2) is 0 Å². The fourth-order valence-electron chi connectivity index (χ4n) is 5.45. The first-order chi connectivity index (χ1) is 16.4. The average Bonchev–Trinajstić information content (AvgIpc) is 3.41. The summed E-state index contributed by atoms with van der Waals surface area (Å²) in [6.45, 7) is 0.0797. The zero-order valence-electron chi connectivity index (χ0n) is 17.8. The molecule has 0 bridgehead atoms. The number of fused-ring (bicyclic) bond motifs is 3. The second-order valence-electron chi connectivity index (χ2n) is 8.78. The summed E-state index contributed by atoms with van der Waals surface area (Å²) < 4.78 is 7.27. The minimum Gasteiger partial charge on any atom is -0.349 e. The van der Waals surface area contributed by atoms with Gasteiger partial charge in [-0.05, 0) is 45.9 Å². The van der Waals surface area contributed by atoms with Crippen LogP contribution in [0.15, 0.2) is 78.9 Å². The topological polar surface area (TPSA) is 80.8 Å². The lowest BCUT2D eigenvalue weighted by molar-refractivity contribution is -0.145. The molecule has 1 aliphatic carbocycles. The Morgan fingerprint density at radius 1 is 0.765 bits per heavy atom. The van der Waals surface area contributed by atoms with E-state index in [1.54, 1.807) is 24.3 Å². The van der Waals surface area contributed by atoms with Crippen LogP contribution in [-0.4, -0.2) is 33.9 Å². The van der Waals surface area contributed by atoms with Crippen molar-refractivity contribution in [1.82, 2.24) is 4.90 Å². The minimum absolute atomic E-state index is 0.0797. The lowest BCUT2D eigenvalue weighted by atomic mass is 9.77. The number of nitrogens with zero attached hydrogens (tertiary/aromatic N) is 1. The summed E-state index contributed by atoms with van der Waals surface area (Å²) in [5.41, 5.74) is -0.114. The van der Waals surface area contributed by atoms with E-state index in [1.807, 2.05) is 54.6 Å². The van der Waals surface area contributed by atoms with E-state index in [0.29, 0.717) is 5.56 Å². The summed E-state index contributed by atoms with van der Waals surface area (Å²) in [5, 5.41) is 0. The Morgan fingerprint density at radius 2 is 1.35 bits per heavy atom. The lowest BCUT2D eigenvalue weighted by Crippen LogP contribution is -2.50. The van der Waals surface area contributed by atoms with E-state index < -0.39 is 46.9 Å². The van der Waals surface area contributed by atoms with Gasteiger partial charge in [-0.3, -0.25) is 24.1 Å². The van der Waals surface area contributed by atoms with Crippen LogP contribution in [0, 0.1) is 15.4 Å². The van der Waals surface area contributed by atoms with E-state index in [0.717, 1.165) is 9.13 Å². The Balaban J connectivity index is 1.49. The van der Waals surface area contributed by atoms with Crippen LogP contribution >= 0.6 is 22.6 Å². The number of rotatable bonds is 3. The Bertz CT molecular complexity index is 1330. The van der Waals surface area contributed by atoms with Crippen molar-refractivity contribution in [1.29, 1.82) is 0 Å². The molecule has 0 radical (unpaired) electrons. The molecule has 0 aromatic heterocycles. The zero-order valence-corrected chi connectivity index (χ0v) is 20.0. The summed E-state index contributed by atoms with van der Waals surface area (Å²) in [6, 6.07) is 23.1. The van der Waals surface area contributed by atoms with E-state index in [9.17, 15) is 19.2 Å². The summed E-state index contributed by atoms with van der Waals surface area (Å²) in [7, 11) is 0. The molecule has 3 aromatic carbocycles. The van der Waals surface area contributed by atoms with Crippen LogP contribution in [0.4, 0.5) is 0 Å². The van der Waals surface area contributed by atoms with Crippen molar-refractivity contribution >= 4 is 46.0 Å². The molecule has 2 heterocycles. The molecule has 7 heteroatoms.